The van der Waals surface area contributed by atoms with E-state index >= 15 is 0 Å². The highest BCUT2D eigenvalue weighted by Crippen LogP contribution is 2.08. The summed E-state index contributed by atoms with van der Waals surface area (Å²) < 4.78 is 6.69. The molecule has 0 aliphatic rings. The Labute approximate surface area is 111 Å². The number of rotatable bonds is 4. The van der Waals surface area contributed by atoms with Crippen molar-refractivity contribution in [3.05, 3.63) is 41.2 Å². The third-order valence-corrected chi connectivity index (χ3v) is 2.71. The van der Waals surface area contributed by atoms with Crippen LogP contribution in [0.1, 0.15) is 34.6 Å². The van der Waals surface area contributed by atoms with Crippen molar-refractivity contribution in [1.29, 1.82) is 0 Å². The summed E-state index contributed by atoms with van der Waals surface area (Å²) in [4.78, 5) is 16.0. The van der Waals surface area contributed by atoms with E-state index in [0.29, 0.717) is 19.0 Å². The lowest BCUT2D eigenvalue weighted by atomic mass is 10.2. The highest BCUT2D eigenvalue weighted by Gasteiger charge is 2.18. The van der Waals surface area contributed by atoms with Gasteiger partial charge in [0.05, 0.1) is 13.2 Å². The van der Waals surface area contributed by atoms with Gasteiger partial charge in [-0.3, -0.25) is 4.98 Å². The van der Waals surface area contributed by atoms with Crippen molar-refractivity contribution in [3.8, 4) is 0 Å². The third-order valence-electron chi connectivity index (χ3n) is 2.71. The van der Waals surface area contributed by atoms with Crippen LogP contribution in [0.25, 0.3) is 0 Å². The number of nitrogens with zero attached hydrogens (tertiary/aromatic N) is 4. The van der Waals surface area contributed by atoms with Crippen LogP contribution in [0.3, 0.4) is 0 Å². The fraction of sp³-hybridized carbons (Fsp3) is 0.385. The topological polar surface area (TPSA) is 69.9 Å². The van der Waals surface area contributed by atoms with Crippen molar-refractivity contribution in [2.45, 2.75) is 27.3 Å². The molecule has 0 saturated carbocycles. The lowest BCUT2D eigenvalue weighted by Gasteiger charge is -2.08. The molecule has 0 radical (unpaired) electrons. The first-order chi connectivity index (χ1) is 9.11. The van der Waals surface area contributed by atoms with E-state index in [1.807, 2.05) is 19.1 Å². The molecule has 19 heavy (non-hydrogen) atoms. The van der Waals surface area contributed by atoms with Crippen molar-refractivity contribution in [3.63, 3.8) is 0 Å². The fourth-order valence-electron chi connectivity index (χ4n) is 1.69. The lowest BCUT2D eigenvalue weighted by Crippen LogP contribution is -2.15. The van der Waals surface area contributed by atoms with Gasteiger partial charge < -0.3 is 9.30 Å². The van der Waals surface area contributed by atoms with E-state index < -0.39 is 5.97 Å². The largest absolute Gasteiger partial charge is 0.460 e. The van der Waals surface area contributed by atoms with E-state index in [4.69, 9.17) is 4.74 Å². The number of aromatic nitrogens is 4. The van der Waals surface area contributed by atoms with Gasteiger partial charge in [-0.05, 0) is 32.4 Å². The SMILES string of the molecule is CCOC(=O)c1nnc(C)n1Cc1ccc(C)nc1. The van der Waals surface area contributed by atoms with Gasteiger partial charge in [-0.2, -0.15) is 0 Å². The van der Waals surface area contributed by atoms with Gasteiger partial charge in [0.15, 0.2) is 0 Å². The second kappa shape index (κ2) is 5.60. The lowest BCUT2D eigenvalue weighted by molar-refractivity contribution is 0.0506. The van der Waals surface area contributed by atoms with Gasteiger partial charge in [-0.1, -0.05) is 6.07 Å². The Morgan fingerprint density at radius 2 is 2.11 bits per heavy atom. The Hall–Kier alpha value is -2.24. The molecule has 0 saturated heterocycles. The Bertz CT molecular complexity index is 575. The van der Waals surface area contributed by atoms with Crippen LogP contribution in [0.15, 0.2) is 18.3 Å². The van der Waals surface area contributed by atoms with E-state index in [1.165, 1.54) is 0 Å². The molecule has 0 amide bonds. The van der Waals surface area contributed by atoms with E-state index in [1.54, 1.807) is 24.6 Å². The zero-order valence-electron chi connectivity index (χ0n) is 11.3. The summed E-state index contributed by atoms with van der Waals surface area (Å²) in [5.41, 5.74) is 1.94. The molecule has 0 N–H and O–H groups in total. The molecule has 0 aromatic carbocycles. The van der Waals surface area contributed by atoms with Crippen LogP contribution in [-0.4, -0.2) is 32.3 Å². The second-order valence-electron chi connectivity index (χ2n) is 4.19. The van der Waals surface area contributed by atoms with E-state index in [0.717, 1.165) is 11.3 Å². The summed E-state index contributed by atoms with van der Waals surface area (Å²) in [5.74, 6) is 0.437. The number of hydrogen-bond acceptors (Lipinski definition) is 5. The average molecular weight is 260 g/mol. The first-order valence-electron chi connectivity index (χ1n) is 6.10. The minimum absolute atomic E-state index is 0.222. The molecule has 2 rings (SSSR count). The van der Waals surface area contributed by atoms with Crippen molar-refractivity contribution < 1.29 is 9.53 Å². The summed E-state index contributed by atoms with van der Waals surface area (Å²) in [5, 5.41) is 7.79. The van der Waals surface area contributed by atoms with Crippen molar-refractivity contribution >= 4 is 5.97 Å². The van der Waals surface area contributed by atoms with Crippen LogP contribution in [-0.2, 0) is 11.3 Å². The van der Waals surface area contributed by atoms with Gasteiger partial charge in [-0.25, -0.2) is 4.79 Å². The van der Waals surface area contributed by atoms with Crippen LogP contribution < -0.4 is 0 Å². The second-order valence-corrected chi connectivity index (χ2v) is 4.19. The number of hydrogen-bond donors (Lipinski definition) is 0. The Kier molecular flexibility index (Phi) is 3.89. The van der Waals surface area contributed by atoms with Crippen LogP contribution in [0.4, 0.5) is 0 Å². The first kappa shape index (κ1) is 13.2. The van der Waals surface area contributed by atoms with E-state index in [2.05, 4.69) is 15.2 Å². The monoisotopic (exact) mass is 260 g/mol. The Balaban J connectivity index is 2.26. The summed E-state index contributed by atoms with van der Waals surface area (Å²) in [7, 11) is 0. The molecule has 0 aliphatic carbocycles. The maximum atomic E-state index is 11.8. The molecule has 0 atom stereocenters. The number of carbonyl (C=O) groups excluding carboxylic acids is 1. The minimum Gasteiger partial charge on any atom is -0.460 e. The molecular formula is C13H16N4O2. The van der Waals surface area contributed by atoms with Crippen molar-refractivity contribution in [2.75, 3.05) is 6.61 Å². The van der Waals surface area contributed by atoms with Crippen molar-refractivity contribution in [1.82, 2.24) is 19.7 Å². The molecule has 0 fully saturated rings. The number of carbonyl (C=O) groups is 1. The molecule has 0 bridgehead atoms. The summed E-state index contributed by atoms with van der Waals surface area (Å²) in [6.45, 7) is 6.31. The smallest absolute Gasteiger partial charge is 0.376 e. The fourth-order valence-corrected chi connectivity index (χ4v) is 1.69. The molecule has 0 aliphatic heterocycles. The summed E-state index contributed by atoms with van der Waals surface area (Å²) in [6, 6.07) is 3.90. The number of ether oxygens (including phenoxy) is 1. The highest BCUT2D eigenvalue weighted by atomic mass is 16.5. The summed E-state index contributed by atoms with van der Waals surface area (Å²) >= 11 is 0. The highest BCUT2D eigenvalue weighted by molar-refractivity contribution is 5.85. The van der Waals surface area contributed by atoms with Crippen LogP contribution >= 0.6 is 0 Å². The molecule has 2 aromatic rings. The number of aryl methyl sites for hydroxylation is 2. The summed E-state index contributed by atoms with van der Waals surface area (Å²) in [6.07, 6.45) is 1.78. The first-order valence-corrected chi connectivity index (χ1v) is 6.10. The van der Waals surface area contributed by atoms with Gasteiger partial charge in [0.1, 0.15) is 5.82 Å². The Morgan fingerprint density at radius 3 is 2.74 bits per heavy atom. The molecule has 0 unspecified atom stereocenters. The zero-order chi connectivity index (χ0) is 13.8. The van der Waals surface area contributed by atoms with Crippen LogP contribution in [0.2, 0.25) is 0 Å². The molecule has 2 aromatic heterocycles. The minimum atomic E-state index is -0.455. The third kappa shape index (κ3) is 2.96. The van der Waals surface area contributed by atoms with Gasteiger partial charge in [-0.15, -0.1) is 10.2 Å². The average Bonchev–Trinajstić information content (AvgIpc) is 2.74. The van der Waals surface area contributed by atoms with Crippen molar-refractivity contribution in [2.24, 2.45) is 0 Å². The number of pyridine rings is 1. The van der Waals surface area contributed by atoms with Crippen LogP contribution in [0.5, 0.6) is 0 Å². The Morgan fingerprint density at radius 1 is 1.32 bits per heavy atom. The predicted molar refractivity (Wildman–Crippen MR) is 68.8 cm³/mol. The number of esters is 1. The molecule has 2 heterocycles. The molecule has 100 valence electrons. The van der Waals surface area contributed by atoms with Gasteiger partial charge in [0.2, 0.25) is 5.82 Å². The maximum Gasteiger partial charge on any atom is 0.376 e. The van der Waals surface area contributed by atoms with Crippen LogP contribution in [0, 0.1) is 13.8 Å². The molecular weight excluding hydrogens is 244 g/mol. The molecule has 0 spiro atoms. The van der Waals surface area contributed by atoms with Gasteiger partial charge >= 0.3 is 5.97 Å². The quantitative estimate of drug-likeness (QED) is 0.779. The zero-order valence-corrected chi connectivity index (χ0v) is 11.3. The van der Waals surface area contributed by atoms with Gasteiger partial charge in [0.25, 0.3) is 0 Å². The molecule has 6 nitrogen and oxygen atoms in total. The van der Waals surface area contributed by atoms with E-state index in [9.17, 15) is 4.79 Å². The maximum absolute atomic E-state index is 11.8. The van der Waals surface area contributed by atoms with Gasteiger partial charge in [0, 0.05) is 11.9 Å². The standard InChI is InChI=1S/C13H16N4O2/c1-4-19-13(18)12-16-15-10(3)17(12)8-11-6-5-9(2)14-7-11/h5-7H,4,8H2,1-3H3. The molecule has 6 heteroatoms. The predicted octanol–water partition coefficient (Wildman–Crippen LogP) is 1.51. The van der Waals surface area contributed by atoms with E-state index in [-0.39, 0.29) is 5.82 Å². The normalized spacial score (nSPS) is 10.5.